The van der Waals surface area contributed by atoms with Crippen molar-refractivity contribution in [3.8, 4) is 0 Å². The third-order valence-electron chi connectivity index (χ3n) is 1.42. The zero-order chi connectivity index (χ0) is 9.72. The molecule has 0 fully saturated rings. The van der Waals surface area contributed by atoms with E-state index in [1.54, 1.807) is 0 Å². The molecule has 0 rings (SSSR count). The Morgan fingerprint density at radius 1 is 1.08 bits per heavy atom. The predicted octanol–water partition coefficient (Wildman–Crippen LogP) is -3.76. The summed E-state index contributed by atoms with van der Waals surface area (Å²) in [7, 11) is 0. The van der Waals surface area contributed by atoms with Crippen molar-refractivity contribution in [1.29, 1.82) is 0 Å². The summed E-state index contributed by atoms with van der Waals surface area (Å²) in [5.74, 6) is 0. The van der Waals surface area contributed by atoms with Crippen LogP contribution in [-0.2, 0) is 4.79 Å². The van der Waals surface area contributed by atoms with E-state index >= 15 is 0 Å². The summed E-state index contributed by atoms with van der Waals surface area (Å²) in [5, 5.41) is 43.5. The number of aldehydes is 1. The lowest BCUT2D eigenvalue weighted by Gasteiger charge is -2.22. The largest absolute Gasteiger partial charge is 0.394 e. The van der Waals surface area contributed by atoms with Crippen molar-refractivity contribution >= 4 is 14.7 Å². The first-order valence-corrected chi connectivity index (χ1v) is 3.33. The quantitative estimate of drug-likeness (QED) is 0.225. The Labute approximate surface area is 77.0 Å². The van der Waals surface area contributed by atoms with Gasteiger partial charge in [0.25, 0.3) is 0 Å². The molecule has 75 valence electrons. The first kappa shape index (κ1) is 15.0. The number of carbonyl (C=O) groups is 1. The van der Waals surface area contributed by atoms with E-state index < -0.39 is 31.0 Å². The van der Waals surface area contributed by atoms with Gasteiger partial charge in [0.2, 0.25) is 0 Å². The van der Waals surface area contributed by atoms with Crippen LogP contribution in [0.15, 0.2) is 0 Å². The SMILES string of the molecule is O=C[C@H](O)[C@@H](O)[C@H](O)[C@H](O)CO.[B]. The maximum absolute atomic E-state index is 9.90. The van der Waals surface area contributed by atoms with Crippen molar-refractivity contribution in [1.82, 2.24) is 0 Å². The van der Waals surface area contributed by atoms with Gasteiger partial charge in [-0.05, 0) is 0 Å². The van der Waals surface area contributed by atoms with E-state index in [4.69, 9.17) is 25.5 Å². The number of hydrogen-bond acceptors (Lipinski definition) is 6. The zero-order valence-electron chi connectivity index (χ0n) is 6.82. The van der Waals surface area contributed by atoms with Crippen molar-refractivity contribution in [2.75, 3.05) is 6.61 Å². The second-order valence-corrected chi connectivity index (χ2v) is 2.36. The molecule has 0 heterocycles. The molecule has 0 aromatic heterocycles. The zero-order valence-corrected chi connectivity index (χ0v) is 6.82. The lowest BCUT2D eigenvalue weighted by atomic mass is 10.0. The number of hydrogen-bond donors (Lipinski definition) is 5. The second kappa shape index (κ2) is 6.99. The highest BCUT2D eigenvalue weighted by atomic mass is 16.4. The maximum Gasteiger partial charge on any atom is 0.151 e. The van der Waals surface area contributed by atoms with Crippen LogP contribution in [0.2, 0.25) is 0 Å². The summed E-state index contributed by atoms with van der Waals surface area (Å²) in [6, 6.07) is 0. The minimum atomic E-state index is -1.79. The van der Waals surface area contributed by atoms with Crippen molar-refractivity contribution in [2.45, 2.75) is 24.4 Å². The molecule has 13 heavy (non-hydrogen) atoms. The molecule has 4 atom stereocenters. The van der Waals surface area contributed by atoms with Crippen molar-refractivity contribution in [3.05, 3.63) is 0 Å². The molecule has 0 aliphatic rings. The van der Waals surface area contributed by atoms with Gasteiger partial charge in [-0.2, -0.15) is 0 Å². The van der Waals surface area contributed by atoms with Gasteiger partial charge >= 0.3 is 0 Å². The summed E-state index contributed by atoms with van der Waals surface area (Å²) in [6.07, 6.45) is -6.84. The molecule has 0 spiro atoms. The summed E-state index contributed by atoms with van der Waals surface area (Å²) in [6.45, 7) is -0.760. The van der Waals surface area contributed by atoms with Crippen LogP contribution in [0.5, 0.6) is 0 Å². The monoisotopic (exact) mass is 191 g/mol. The molecule has 5 N–H and O–H groups in total. The fourth-order valence-corrected chi connectivity index (χ4v) is 0.618. The van der Waals surface area contributed by atoms with Crippen LogP contribution in [-0.4, -0.2) is 71.3 Å². The van der Waals surface area contributed by atoms with Gasteiger partial charge < -0.3 is 30.3 Å². The molecule has 0 aromatic rings. The second-order valence-electron chi connectivity index (χ2n) is 2.36. The molecule has 0 aliphatic heterocycles. The Morgan fingerprint density at radius 3 is 1.85 bits per heavy atom. The van der Waals surface area contributed by atoms with Crippen LogP contribution < -0.4 is 0 Å². The van der Waals surface area contributed by atoms with E-state index in [0.717, 1.165) is 0 Å². The average molecular weight is 191 g/mol. The van der Waals surface area contributed by atoms with Gasteiger partial charge in [0.15, 0.2) is 6.29 Å². The Morgan fingerprint density at radius 2 is 1.54 bits per heavy atom. The molecule has 3 radical (unpaired) electrons. The Bertz CT molecular complexity index is 143. The summed E-state index contributed by atoms with van der Waals surface area (Å²) in [4.78, 5) is 9.90. The smallest absolute Gasteiger partial charge is 0.151 e. The number of carbonyl (C=O) groups excluding carboxylic acids is 1. The lowest BCUT2D eigenvalue weighted by Crippen LogP contribution is -2.46. The Balaban J connectivity index is 0. The van der Waals surface area contributed by atoms with Gasteiger partial charge in [0, 0.05) is 8.41 Å². The topological polar surface area (TPSA) is 118 Å². The third-order valence-corrected chi connectivity index (χ3v) is 1.42. The number of aliphatic hydroxyl groups excluding tert-OH is 5. The number of aliphatic hydroxyl groups is 5. The molecule has 0 unspecified atom stereocenters. The van der Waals surface area contributed by atoms with E-state index in [9.17, 15) is 4.79 Å². The first-order valence-electron chi connectivity index (χ1n) is 3.33. The maximum atomic E-state index is 9.90. The summed E-state index contributed by atoms with van der Waals surface area (Å²) < 4.78 is 0. The van der Waals surface area contributed by atoms with Crippen LogP contribution in [0.25, 0.3) is 0 Å². The summed E-state index contributed by atoms with van der Waals surface area (Å²) in [5.41, 5.74) is 0. The van der Waals surface area contributed by atoms with Crippen molar-refractivity contribution in [3.63, 3.8) is 0 Å². The van der Waals surface area contributed by atoms with Gasteiger partial charge in [-0.25, -0.2) is 0 Å². The van der Waals surface area contributed by atoms with Gasteiger partial charge in [-0.15, -0.1) is 0 Å². The molecule has 0 saturated heterocycles. The molecule has 0 saturated carbocycles. The molecule has 0 amide bonds. The molecular weight excluding hydrogens is 179 g/mol. The number of rotatable bonds is 5. The van der Waals surface area contributed by atoms with E-state index in [1.165, 1.54) is 0 Å². The van der Waals surface area contributed by atoms with Crippen molar-refractivity contribution < 1.29 is 30.3 Å². The van der Waals surface area contributed by atoms with Crippen LogP contribution >= 0.6 is 0 Å². The highest BCUT2D eigenvalue weighted by molar-refractivity contribution is 5.75. The highest BCUT2D eigenvalue weighted by Gasteiger charge is 2.29. The van der Waals surface area contributed by atoms with E-state index in [-0.39, 0.29) is 14.7 Å². The van der Waals surface area contributed by atoms with Gasteiger partial charge in [0.1, 0.15) is 24.4 Å². The fraction of sp³-hybridized carbons (Fsp3) is 0.833. The molecular formula is C6H12BO6. The molecule has 0 bridgehead atoms. The average Bonchev–Trinajstić information content (AvgIpc) is 2.12. The minimum Gasteiger partial charge on any atom is -0.394 e. The molecule has 6 nitrogen and oxygen atoms in total. The molecule has 0 aromatic carbocycles. The van der Waals surface area contributed by atoms with E-state index in [2.05, 4.69) is 0 Å². The Kier molecular flexibility index (Phi) is 8.08. The lowest BCUT2D eigenvalue weighted by molar-refractivity contribution is -0.136. The van der Waals surface area contributed by atoms with Crippen LogP contribution in [0, 0.1) is 0 Å². The van der Waals surface area contributed by atoms with Crippen LogP contribution in [0.3, 0.4) is 0 Å². The Hall–Kier alpha value is -0.465. The standard InChI is InChI=1S/C6H12O6.B/c7-1-3(9)5(11)6(12)4(10)2-8;/h1,3-6,8-12H,2H2;/t3-,4+,5+,6+;/m0./s1. The van der Waals surface area contributed by atoms with E-state index in [0.29, 0.717) is 0 Å². The third kappa shape index (κ3) is 4.35. The normalized spacial score (nSPS) is 19.5. The molecule has 0 aliphatic carbocycles. The van der Waals surface area contributed by atoms with Crippen LogP contribution in [0.4, 0.5) is 0 Å². The highest BCUT2D eigenvalue weighted by Crippen LogP contribution is 2.02. The summed E-state index contributed by atoms with van der Waals surface area (Å²) >= 11 is 0. The predicted molar refractivity (Wildman–Crippen MR) is 42.9 cm³/mol. The van der Waals surface area contributed by atoms with Crippen LogP contribution in [0.1, 0.15) is 0 Å². The van der Waals surface area contributed by atoms with Gasteiger partial charge in [0.05, 0.1) is 6.61 Å². The molecule has 7 heteroatoms. The van der Waals surface area contributed by atoms with E-state index in [1.807, 2.05) is 0 Å². The minimum absolute atomic E-state index is 0. The van der Waals surface area contributed by atoms with Gasteiger partial charge in [-0.3, -0.25) is 0 Å². The van der Waals surface area contributed by atoms with Crippen molar-refractivity contribution in [2.24, 2.45) is 0 Å². The fourth-order valence-electron chi connectivity index (χ4n) is 0.618. The first-order chi connectivity index (χ1) is 5.54. The van der Waals surface area contributed by atoms with Gasteiger partial charge in [-0.1, -0.05) is 0 Å².